The quantitative estimate of drug-likeness (QED) is 0.306. The van der Waals surface area contributed by atoms with Crippen molar-refractivity contribution in [3.8, 4) is 0 Å². The summed E-state index contributed by atoms with van der Waals surface area (Å²) in [7, 11) is 0. The summed E-state index contributed by atoms with van der Waals surface area (Å²) >= 11 is 0. The van der Waals surface area contributed by atoms with Crippen molar-refractivity contribution in [1.29, 1.82) is 0 Å². The predicted molar refractivity (Wildman–Crippen MR) is 76.0 cm³/mol. The molecule has 0 aliphatic heterocycles. The van der Waals surface area contributed by atoms with Crippen LogP contribution in [0, 0.1) is 0 Å². The minimum Gasteiger partial charge on any atom is -0.299 e. The van der Waals surface area contributed by atoms with Crippen LogP contribution in [0.25, 0.3) is 0 Å². The summed E-state index contributed by atoms with van der Waals surface area (Å²) in [4.78, 5) is 17.4. The molecule has 106 valence electrons. The number of nitrogens with one attached hydrogen (secondary N) is 1. The van der Waals surface area contributed by atoms with Gasteiger partial charge in [-0.2, -0.15) is 0 Å². The van der Waals surface area contributed by atoms with Crippen molar-refractivity contribution in [1.82, 2.24) is 15.3 Å². The maximum atomic E-state index is 11.0. The number of hydrogen-bond donors (Lipinski definition) is 2. The van der Waals surface area contributed by atoms with Gasteiger partial charge in [0.25, 0.3) is 0 Å². The Balaban J connectivity index is 2.17. The first-order chi connectivity index (χ1) is 9.26. The molecule has 0 saturated heterocycles. The third-order valence-corrected chi connectivity index (χ3v) is 3.14. The van der Waals surface area contributed by atoms with E-state index in [1.54, 1.807) is 0 Å². The second kappa shape index (κ2) is 9.47. The SMILES string of the molecule is CCN(CCCCCC(=O)NN)Cc1ccncc1. The number of hydrogen-bond acceptors (Lipinski definition) is 4. The van der Waals surface area contributed by atoms with Gasteiger partial charge in [-0.05, 0) is 43.6 Å². The Morgan fingerprint density at radius 1 is 1.32 bits per heavy atom. The highest BCUT2D eigenvalue weighted by Crippen LogP contribution is 2.06. The lowest BCUT2D eigenvalue weighted by atomic mass is 10.1. The van der Waals surface area contributed by atoms with E-state index in [1.165, 1.54) is 5.56 Å². The van der Waals surface area contributed by atoms with Gasteiger partial charge >= 0.3 is 0 Å². The summed E-state index contributed by atoms with van der Waals surface area (Å²) in [6, 6.07) is 4.10. The fourth-order valence-corrected chi connectivity index (χ4v) is 1.97. The van der Waals surface area contributed by atoms with E-state index in [-0.39, 0.29) is 5.91 Å². The van der Waals surface area contributed by atoms with E-state index in [9.17, 15) is 4.79 Å². The molecule has 0 aliphatic carbocycles. The zero-order valence-electron chi connectivity index (χ0n) is 11.6. The number of amides is 1. The first kappa shape index (κ1) is 15.6. The molecule has 0 fully saturated rings. The number of hydrazine groups is 1. The molecule has 19 heavy (non-hydrogen) atoms. The second-order valence-corrected chi connectivity index (χ2v) is 4.60. The van der Waals surface area contributed by atoms with Gasteiger partial charge in [-0.3, -0.25) is 20.1 Å². The molecule has 0 radical (unpaired) electrons. The molecule has 1 heterocycles. The molecule has 0 aliphatic rings. The summed E-state index contributed by atoms with van der Waals surface area (Å²) in [6.45, 7) is 5.22. The van der Waals surface area contributed by atoms with Crippen molar-refractivity contribution in [3.63, 3.8) is 0 Å². The number of nitrogens with two attached hydrogens (primary N) is 1. The fraction of sp³-hybridized carbons (Fsp3) is 0.571. The summed E-state index contributed by atoms with van der Waals surface area (Å²) in [5.74, 6) is 4.95. The van der Waals surface area contributed by atoms with Crippen LogP contribution in [0.15, 0.2) is 24.5 Å². The topological polar surface area (TPSA) is 71.2 Å². The zero-order valence-corrected chi connectivity index (χ0v) is 11.6. The average molecular weight is 264 g/mol. The normalized spacial score (nSPS) is 10.7. The molecule has 0 atom stereocenters. The van der Waals surface area contributed by atoms with Gasteiger partial charge in [0, 0.05) is 25.4 Å². The minimum atomic E-state index is -0.0795. The van der Waals surface area contributed by atoms with E-state index in [0.29, 0.717) is 6.42 Å². The zero-order chi connectivity index (χ0) is 13.9. The number of rotatable bonds is 9. The van der Waals surface area contributed by atoms with E-state index in [1.807, 2.05) is 24.5 Å². The van der Waals surface area contributed by atoms with Crippen LogP contribution in [0.1, 0.15) is 38.2 Å². The Morgan fingerprint density at radius 3 is 2.68 bits per heavy atom. The minimum absolute atomic E-state index is 0.0795. The number of carbonyl (C=O) groups excluding carboxylic acids is 1. The van der Waals surface area contributed by atoms with Gasteiger partial charge in [-0.1, -0.05) is 13.3 Å². The molecule has 0 bridgehead atoms. The Bertz CT molecular complexity index is 356. The molecular weight excluding hydrogens is 240 g/mol. The maximum Gasteiger partial charge on any atom is 0.233 e. The van der Waals surface area contributed by atoms with Crippen LogP contribution in [0.4, 0.5) is 0 Å². The highest BCUT2D eigenvalue weighted by Gasteiger charge is 2.04. The Hall–Kier alpha value is -1.46. The molecule has 1 aromatic rings. The Morgan fingerprint density at radius 2 is 2.05 bits per heavy atom. The van der Waals surface area contributed by atoms with Crippen LogP contribution in [0.5, 0.6) is 0 Å². The van der Waals surface area contributed by atoms with Crippen molar-refractivity contribution in [2.45, 2.75) is 39.2 Å². The van der Waals surface area contributed by atoms with Crippen LogP contribution in [0.2, 0.25) is 0 Å². The largest absolute Gasteiger partial charge is 0.299 e. The third-order valence-electron chi connectivity index (χ3n) is 3.14. The van der Waals surface area contributed by atoms with Gasteiger partial charge in [0.05, 0.1) is 0 Å². The lowest BCUT2D eigenvalue weighted by Crippen LogP contribution is -2.29. The van der Waals surface area contributed by atoms with E-state index < -0.39 is 0 Å². The molecule has 3 N–H and O–H groups in total. The van der Waals surface area contributed by atoms with Gasteiger partial charge in [0.15, 0.2) is 0 Å². The average Bonchev–Trinajstić information content (AvgIpc) is 2.46. The van der Waals surface area contributed by atoms with Crippen LogP contribution >= 0.6 is 0 Å². The fourth-order valence-electron chi connectivity index (χ4n) is 1.97. The lowest BCUT2D eigenvalue weighted by Gasteiger charge is -2.20. The molecule has 1 aromatic heterocycles. The van der Waals surface area contributed by atoms with Crippen molar-refractivity contribution in [3.05, 3.63) is 30.1 Å². The molecular formula is C14H24N4O. The van der Waals surface area contributed by atoms with Gasteiger partial charge in [0.1, 0.15) is 0 Å². The van der Waals surface area contributed by atoms with Gasteiger partial charge in [-0.15, -0.1) is 0 Å². The molecule has 0 spiro atoms. The highest BCUT2D eigenvalue weighted by molar-refractivity contribution is 5.74. The summed E-state index contributed by atoms with van der Waals surface area (Å²) in [6.07, 6.45) is 7.24. The van der Waals surface area contributed by atoms with E-state index in [0.717, 1.165) is 38.9 Å². The van der Waals surface area contributed by atoms with E-state index in [2.05, 4.69) is 22.2 Å². The first-order valence-electron chi connectivity index (χ1n) is 6.87. The van der Waals surface area contributed by atoms with Gasteiger partial charge in [-0.25, -0.2) is 5.84 Å². The summed E-state index contributed by atoms with van der Waals surface area (Å²) in [5.41, 5.74) is 3.44. The number of carbonyl (C=O) groups is 1. The molecule has 5 nitrogen and oxygen atoms in total. The van der Waals surface area contributed by atoms with Gasteiger partial charge < -0.3 is 0 Å². The van der Waals surface area contributed by atoms with Crippen molar-refractivity contribution in [2.24, 2.45) is 5.84 Å². The number of pyridine rings is 1. The van der Waals surface area contributed by atoms with Crippen molar-refractivity contribution >= 4 is 5.91 Å². The molecule has 0 saturated carbocycles. The number of aromatic nitrogens is 1. The standard InChI is InChI=1S/C14H24N4O/c1-2-18(12-13-7-9-16-10-8-13)11-5-3-4-6-14(19)17-15/h7-10H,2-6,11-12,15H2,1H3,(H,17,19). The molecule has 1 amide bonds. The highest BCUT2D eigenvalue weighted by atomic mass is 16.2. The van der Waals surface area contributed by atoms with E-state index in [4.69, 9.17) is 5.84 Å². The third kappa shape index (κ3) is 6.88. The predicted octanol–water partition coefficient (Wildman–Crippen LogP) is 1.45. The van der Waals surface area contributed by atoms with Crippen LogP contribution in [0.3, 0.4) is 0 Å². The molecule has 1 rings (SSSR count). The smallest absolute Gasteiger partial charge is 0.233 e. The Kier molecular flexibility index (Phi) is 7.77. The molecule has 5 heteroatoms. The van der Waals surface area contributed by atoms with E-state index >= 15 is 0 Å². The van der Waals surface area contributed by atoms with Crippen LogP contribution in [-0.2, 0) is 11.3 Å². The van der Waals surface area contributed by atoms with Crippen molar-refractivity contribution < 1.29 is 4.79 Å². The second-order valence-electron chi connectivity index (χ2n) is 4.60. The summed E-state index contributed by atoms with van der Waals surface area (Å²) in [5, 5.41) is 0. The maximum absolute atomic E-state index is 11.0. The number of unbranched alkanes of at least 4 members (excludes halogenated alkanes) is 2. The summed E-state index contributed by atoms with van der Waals surface area (Å²) < 4.78 is 0. The monoisotopic (exact) mass is 264 g/mol. The molecule has 0 unspecified atom stereocenters. The Labute approximate surface area is 115 Å². The van der Waals surface area contributed by atoms with Crippen LogP contribution in [-0.4, -0.2) is 28.9 Å². The van der Waals surface area contributed by atoms with Gasteiger partial charge in [0.2, 0.25) is 5.91 Å². The lowest BCUT2D eigenvalue weighted by molar-refractivity contribution is -0.121. The van der Waals surface area contributed by atoms with Crippen molar-refractivity contribution in [2.75, 3.05) is 13.1 Å². The first-order valence-corrected chi connectivity index (χ1v) is 6.87. The molecule has 0 aromatic carbocycles. The number of nitrogens with zero attached hydrogens (tertiary/aromatic N) is 2. The van der Waals surface area contributed by atoms with Crippen LogP contribution < -0.4 is 11.3 Å².